The highest BCUT2D eigenvalue weighted by molar-refractivity contribution is 5.90. The van der Waals surface area contributed by atoms with E-state index in [1.54, 1.807) is 6.92 Å². The molecule has 4 unspecified atom stereocenters. The number of carboxylic acid groups (broad SMARTS) is 1. The number of esters is 1. The van der Waals surface area contributed by atoms with E-state index < -0.39 is 16.8 Å². The van der Waals surface area contributed by atoms with E-state index in [9.17, 15) is 14.7 Å². The van der Waals surface area contributed by atoms with Gasteiger partial charge in [-0.15, -0.1) is 0 Å². The lowest BCUT2D eigenvalue weighted by Gasteiger charge is -2.44. The summed E-state index contributed by atoms with van der Waals surface area (Å²) < 4.78 is 5.62. The molecule has 4 atom stereocenters. The van der Waals surface area contributed by atoms with Crippen LogP contribution in [-0.2, 0) is 20.9 Å². The van der Waals surface area contributed by atoms with Crippen molar-refractivity contribution >= 4 is 11.9 Å². The Morgan fingerprint density at radius 3 is 2.52 bits per heavy atom. The van der Waals surface area contributed by atoms with Crippen LogP contribution in [0.1, 0.15) is 45.1 Å². The molecule has 0 saturated heterocycles. The molecule has 0 radical (unpaired) electrons. The highest BCUT2D eigenvalue weighted by Gasteiger charge is 2.71. The maximum atomic E-state index is 13.1. The van der Waals surface area contributed by atoms with Gasteiger partial charge in [0.25, 0.3) is 0 Å². The molecule has 4 nitrogen and oxygen atoms in total. The predicted molar refractivity (Wildman–Crippen MR) is 94.7 cm³/mol. The second kappa shape index (κ2) is 6.66. The van der Waals surface area contributed by atoms with Gasteiger partial charge in [0.05, 0.1) is 10.8 Å². The van der Waals surface area contributed by atoms with Gasteiger partial charge in [-0.05, 0) is 37.2 Å². The smallest absolute Gasteiger partial charge is 0.313 e. The third-order valence-electron chi connectivity index (χ3n) is 6.33. The molecule has 3 rings (SSSR count). The fraction of sp³-hybridized carbons (Fsp3) is 0.524. The van der Waals surface area contributed by atoms with Crippen molar-refractivity contribution in [3.8, 4) is 0 Å². The Hall–Kier alpha value is -2.10. The summed E-state index contributed by atoms with van der Waals surface area (Å²) in [5.41, 5.74) is -1.16. The first-order valence-electron chi connectivity index (χ1n) is 9.09. The number of carboxylic acids is 1. The lowest BCUT2D eigenvalue weighted by Crippen LogP contribution is -2.54. The van der Waals surface area contributed by atoms with Crippen molar-refractivity contribution in [2.45, 2.75) is 46.1 Å². The van der Waals surface area contributed by atoms with Crippen molar-refractivity contribution in [3.63, 3.8) is 0 Å². The van der Waals surface area contributed by atoms with Crippen LogP contribution in [0.2, 0.25) is 0 Å². The van der Waals surface area contributed by atoms with Crippen molar-refractivity contribution in [2.75, 3.05) is 0 Å². The molecule has 0 heterocycles. The van der Waals surface area contributed by atoms with Crippen LogP contribution >= 0.6 is 0 Å². The summed E-state index contributed by atoms with van der Waals surface area (Å²) in [6, 6.07) is 9.51. The highest BCUT2D eigenvalue weighted by Crippen LogP contribution is 2.66. The molecule has 2 aliphatic carbocycles. The quantitative estimate of drug-likeness (QED) is 0.596. The van der Waals surface area contributed by atoms with Gasteiger partial charge in [0.2, 0.25) is 0 Å². The molecule has 0 spiro atoms. The Labute approximate surface area is 148 Å². The minimum Gasteiger partial charge on any atom is -0.481 e. The molecule has 134 valence electrons. The van der Waals surface area contributed by atoms with E-state index in [0.29, 0.717) is 6.42 Å². The minimum atomic E-state index is -1.06. The van der Waals surface area contributed by atoms with Gasteiger partial charge in [-0.3, -0.25) is 9.59 Å². The van der Waals surface area contributed by atoms with Crippen LogP contribution in [-0.4, -0.2) is 17.0 Å². The van der Waals surface area contributed by atoms with Gasteiger partial charge in [0.1, 0.15) is 6.61 Å². The SMILES string of the molecule is CCCCC1(C(=O)O)C2C=CC(C2)C1(C)C(=O)OCc1ccccc1. The van der Waals surface area contributed by atoms with Crippen molar-refractivity contribution in [2.24, 2.45) is 22.7 Å². The number of hydrogen-bond donors (Lipinski definition) is 1. The summed E-state index contributed by atoms with van der Waals surface area (Å²) >= 11 is 0. The van der Waals surface area contributed by atoms with Crippen molar-refractivity contribution < 1.29 is 19.4 Å². The fourth-order valence-corrected chi connectivity index (χ4v) is 4.80. The molecular weight excluding hydrogens is 316 g/mol. The number of allylic oxidation sites excluding steroid dienone is 2. The second-order valence-electron chi connectivity index (χ2n) is 7.48. The summed E-state index contributed by atoms with van der Waals surface area (Å²) in [4.78, 5) is 25.5. The second-order valence-corrected chi connectivity index (χ2v) is 7.48. The van der Waals surface area contributed by atoms with Crippen LogP contribution in [0.4, 0.5) is 0 Å². The maximum absolute atomic E-state index is 13.1. The first kappa shape index (κ1) is 17.7. The van der Waals surface area contributed by atoms with Gasteiger partial charge in [0.15, 0.2) is 0 Å². The number of carbonyl (C=O) groups excluding carboxylic acids is 1. The van der Waals surface area contributed by atoms with Gasteiger partial charge in [-0.25, -0.2) is 0 Å². The zero-order valence-electron chi connectivity index (χ0n) is 14.9. The number of carbonyl (C=O) groups is 2. The number of unbranched alkanes of at least 4 members (excludes halogenated alkanes) is 1. The average Bonchev–Trinajstić information content (AvgIpc) is 3.19. The van der Waals surface area contributed by atoms with Crippen LogP contribution in [0.5, 0.6) is 0 Å². The molecule has 4 heteroatoms. The molecule has 1 N–H and O–H groups in total. The van der Waals surface area contributed by atoms with E-state index in [-0.39, 0.29) is 24.4 Å². The lowest BCUT2D eigenvalue weighted by atomic mass is 9.56. The lowest BCUT2D eigenvalue weighted by molar-refractivity contribution is -0.180. The standard InChI is InChI=1S/C21H26O4/c1-3-4-12-21(18(22)23)17-11-10-16(13-17)20(21,2)19(24)25-14-15-8-6-5-7-9-15/h5-11,16-17H,3-4,12-14H2,1-2H3,(H,22,23). The number of fused-ring (bicyclic) bond motifs is 2. The molecular formula is C21H26O4. The zero-order valence-corrected chi connectivity index (χ0v) is 14.9. The molecule has 2 aliphatic rings. The zero-order chi connectivity index (χ0) is 18.1. The molecule has 1 aromatic rings. The van der Waals surface area contributed by atoms with E-state index in [2.05, 4.69) is 0 Å². The molecule has 1 saturated carbocycles. The van der Waals surface area contributed by atoms with Gasteiger partial charge in [-0.1, -0.05) is 62.2 Å². The van der Waals surface area contributed by atoms with E-state index in [0.717, 1.165) is 24.8 Å². The molecule has 0 aliphatic heterocycles. The number of benzene rings is 1. The summed E-state index contributed by atoms with van der Waals surface area (Å²) in [5, 5.41) is 10.1. The summed E-state index contributed by atoms with van der Waals surface area (Å²) in [6.07, 6.45) is 6.96. The van der Waals surface area contributed by atoms with Crippen molar-refractivity contribution in [1.29, 1.82) is 0 Å². The van der Waals surface area contributed by atoms with E-state index in [1.165, 1.54) is 0 Å². The maximum Gasteiger partial charge on any atom is 0.313 e. The van der Waals surface area contributed by atoms with Gasteiger partial charge in [-0.2, -0.15) is 0 Å². The highest BCUT2D eigenvalue weighted by atomic mass is 16.5. The number of hydrogen-bond acceptors (Lipinski definition) is 3. The molecule has 0 amide bonds. The van der Waals surface area contributed by atoms with Crippen molar-refractivity contribution in [3.05, 3.63) is 48.0 Å². The largest absolute Gasteiger partial charge is 0.481 e. The van der Waals surface area contributed by atoms with Gasteiger partial charge < -0.3 is 9.84 Å². The molecule has 25 heavy (non-hydrogen) atoms. The third kappa shape index (κ3) is 2.59. The predicted octanol–water partition coefficient (Wildman–Crippen LogP) is 4.20. The molecule has 2 bridgehead atoms. The Bertz CT molecular complexity index is 680. The first-order chi connectivity index (χ1) is 12.0. The molecule has 0 aromatic heterocycles. The van der Waals surface area contributed by atoms with E-state index in [4.69, 9.17) is 4.74 Å². The number of aliphatic carboxylic acids is 1. The van der Waals surface area contributed by atoms with Crippen LogP contribution < -0.4 is 0 Å². The Kier molecular flexibility index (Phi) is 4.72. The summed E-state index contributed by atoms with van der Waals surface area (Å²) in [7, 11) is 0. The van der Waals surface area contributed by atoms with E-state index in [1.807, 2.05) is 49.4 Å². The third-order valence-corrected chi connectivity index (χ3v) is 6.33. The Balaban J connectivity index is 1.88. The van der Waals surface area contributed by atoms with Crippen molar-refractivity contribution in [1.82, 2.24) is 0 Å². The number of rotatable bonds is 7. The van der Waals surface area contributed by atoms with Crippen LogP contribution in [0.3, 0.4) is 0 Å². The van der Waals surface area contributed by atoms with Crippen LogP contribution in [0.25, 0.3) is 0 Å². The van der Waals surface area contributed by atoms with Crippen LogP contribution in [0, 0.1) is 22.7 Å². The summed E-state index contributed by atoms with van der Waals surface area (Å²) in [5.74, 6) is -1.40. The summed E-state index contributed by atoms with van der Waals surface area (Å²) in [6.45, 7) is 4.03. The van der Waals surface area contributed by atoms with Gasteiger partial charge in [0, 0.05) is 0 Å². The first-order valence-corrected chi connectivity index (χ1v) is 9.09. The molecule has 1 fully saturated rings. The minimum absolute atomic E-state index is 0.0614. The Morgan fingerprint density at radius 1 is 1.20 bits per heavy atom. The van der Waals surface area contributed by atoms with E-state index >= 15 is 0 Å². The van der Waals surface area contributed by atoms with Crippen LogP contribution in [0.15, 0.2) is 42.5 Å². The average molecular weight is 342 g/mol. The fourth-order valence-electron chi connectivity index (χ4n) is 4.80. The topological polar surface area (TPSA) is 63.6 Å². The normalized spacial score (nSPS) is 32.7. The Morgan fingerprint density at radius 2 is 1.88 bits per heavy atom. The molecule has 1 aromatic carbocycles. The number of ether oxygens (including phenoxy) is 1. The van der Waals surface area contributed by atoms with Gasteiger partial charge >= 0.3 is 11.9 Å². The monoisotopic (exact) mass is 342 g/mol.